The molecule has 0 nitrogen and oxygen atoms in total. The minimum atomic E-state index is 0. The summed E-state index contributed by atoms with van der Waals surface area (Å²) in [5.74, 6) is 0. The summed E-state index contributed by atoms with van der Waals surface area (Å²) >= 11 is 4.23. The van der Waals surface area contributed by atoms with Gasteiger partial charge in [0, 0.05) is 0 Å². The molecule has 0 saturated heterocycles. The third-order valence-electron chi connectivity index (χ3n) is 2.68. The molecule has 0 aromatic carbocycles. The molecule has 0 unspecified atom stereocenters. The fraction of sp³-hybridized carbons (Fsp3) is 0.923. The van der Waals surface area contributed by atoms with Crippen LogP contribution in [0.15, 0.2) is 0 Å². The maximum atomic E-state index is 2.29. The molecule has 0 saturated carbocycles. The molecule has 4 heteroatoms. The van der Waals surface area contributed by atoms with Crippen LogP contribution in [-0.4, -0.2) is 37.0 Å². The van der Waals surface area contributed by atoms with E-state index in [0.29, 0.717) is 15.8 Å². The van der Waals surface area contributed by atoms with Gasteiger partial charge in [-0.05, 0) is 37.0 Å². The van der Waals surface area contributed by atoms with Crippen LogP contribution in [0.3, 0.4) is 0 Å². The quantitative estimate of drug-likeness (QED) is 0.196. The molecule has 0 aromatic rings. The van der Waals surface area contributed by atoms with Gasteiger partial charge in [0.15, 0.2) is 0 Å². The zero-order valence-corrected chi connectivity index (χ0v) is 19.0. The summed E-state index contributed by atoms with van der Waals surface area (Å²) in [7, 11) is 0.892. The van der Waals surface area contributed by atoms with Gasteiger partial charge in [-0.3, -0.25) is 0 Å². The van der Waals surface area contributed by atoms with Crippen LogP contribution in [0, 0.1) is 7.43 Å². The first-order valence-electron chi connectivity index (χ1n) is 6.26. The first-order chi connectivity index (χ1) is 7.69. The zero-order chi connectivity index (χ0) is 13.4. The van der Waals surface area contributed by atoms with E-state index < -0.39 is 0 Å². The van der Waals surface area contributed by atoms with E-state index in [0.717, 1.165) is 0 Å². The van der Waals surface area contributed by atoms with Crippen molar-refractivity contribution in [2.45, 2.75) is 41.5 Å². The van der Waals surface area contributed by atoms with Gasteiger partial charge in [-0.1, -0.05) is 41.5 Å². The Morgan fingerprint density at radius 3 is 0.706 bits per heavy atom. The van der Waals surface area contributed by atoms with Crippen LogP contribution in [0.5, 0.6) is 0 Å². The van der Waals surface area contributed by atoms with E-state index in [4.69, 9.17) is 0 Å². The van der Waals surface area contributed by atoms with Gasteiger partial charge >= 0.3 is 35.5 Å². The maximum absolute atomic E-state index is 2.29. The molecular weight excluding hydrogens is 540 g/mol. The van der Waals surface area contributed by atoms with E-state index in [1.807, 2.05) is 0 Å². The monoisotopic (exact) mass is 573 g/mol. The third kappa shape index (κ3) is 23.8. The van der Waals surface area contributed by atoms with Crippen molar-refractivity contribution in [3.8, 4) is 0 Å². The van der Waals surface area contributed by atoms with Crippen molar-refractivity contribution < 1.29 is 16.1 Å². The SMILES string of the molecule is CCP(CC)CC.CCP(CC)CC.[CH3-].[I][Pt+]. The van der Waals surface area contributed by atoms with Gasteiger partial charge < -0.3 is 7.43 Å². The fourth-order valence-electron chi connectivity index (χ4n) is 1.34. The molecular formula is C13H33IP2Pt. The number of hydrogen-bond acceptors (Lipinski definition) is 0. The van der Waals surface area contributed by atoms with E-state index in [9.17, 15) is 0 Å². The molecule has 0 amide bonds. The van der Waals surface area contributed by atoms with Crippen molar-refractivity contribution in [3.05, 3.63) is 7.43 Å². The van der Waals surface area contributed by atoms with Crippen LogP contribution in [0.2, 0.25) is 0 Å². The van der Waals surface area contributed by atoms with E-state index >= 15 is 0 Å². The summed E-state index contributed by atoms with van der Waals surface area (Å²) in [5.41, 5.74) is 0. The van der Waals surface area contributed by atoms with Crippen molar-refractivity contribution in [1.29, 1.82) is 0 Å². The van der Waals surface area contributed by atoms with Gasteiger partial charge in [0.05, 0.1) is 0 Å². The molecule has 0 spiro atoms. The van der Waals surface area contributed by atoms with E-state index in [2.05, 4.69) is 77.0 Å². The summed E-state index contributed by atoms with van der Waals surface area (Å²) in [6, 6.07) is 0. The van der Waals surface area contributed by atoms with Crippen LogP contribution in [0.4, 0.5) is 0 Å². The summed E-state index contributed by atoms with van der Waals surface area (Å²) in [6.07, 6.45) is 8.51. The zero-order valence-electron chi connectivity index (χ0n) is 12.8. The Morgan fingerprint density at radius 1 is 0.588 bits per heavy atom. The molecule has 0 atom stereocenters. The normalized spacial score (nSPS) is 8.88. The second-order valence-electron chi connectivity index (χ2n) is 3.24. The van der Waals surface area contributed by atoms with Gasteiger partial charge in [-0.25, -0.2) is 0 Å². The Morgan fingerprint density at radius 2 is 0.706 bits per heavy atom. The average molecular weight is 573 g/mol. The van der Waals surface area contributed by atoms with Crippen LogP contribution in [-0.2, 0) is 16.1 Å². The fourth-order valence-corrected chi connectivity index (χ4v) is 4.02. The van der Waals surface area contributed by atoms with Crippen LogP contribution in [0.1, 0.15) is 41.5 Å². The van der Waals surface area contributed by atoms with Gasteiger partial charge in [-0.2, -0.15) is 0 Å². The second-order valence-corrected chi connectivity index (χ2v) is 9.72. The molecule has 0 heterocycles. The van der Waals surface area contributed by atoms with E-state index in [1.165, 1.54) is 37.0 Å². The van der Waals surface area contributed by atoms with Crippen molar-refractivity contribution in [3.63, 3.8) is 0 Å². The van der Waals surface area contributed by atoms with Crippen LogP contribution < -0.4 is 0 Å². The third-order valence-corrected chi connectivity index (χ3v) is 8.05. The molecule has 0 N–H and O–H groups in total. The Hall–Kier alpha value is 2.28. The van der Waals surface area contributed by atoms with Crippen LogP contribution >= 0.6 is 35.2 Å². The standard InChI is InChI=1S/2C6H15P.CH3.HI.Pt/c2*1-4-7(5-2)6-3;;;/h2*4-6H2,1-3H3;1H3;1H;/q;;-1;;+2/p-1. The summed E-state index contributed by atoms with van der Waals surface area (Å²) in [6.45, 7) is 13.7. The summed E-state index contributed by atoms with van der Waals surface area (Å²) in [5, 5.41) is 0. The molecule has 112 valence electrons. The molecule has 0 aromatic heterocycles. The van der Waals surface area contributed by atoms with Crippen molar-refractivity contribution in [2.75, 3.05) is 37.0 Å². The number of hydrogen-bond donors (Lipinski definition) is 0. The Balaban J connectivity index is -0.0000000823. The summed E-state index contributed by atoms with van der Waals surface area (Å²) in [4.78, 5) is 0. The van der Waals surface area contributed by atoms with Gasteiger partial charge in [0.25, 0.3) is 0 Å². The van der Waals surface area contributed by atoms with Crippen LogP contribution in [0.25, 0.3) is 0 Å². The molecule has 0 rings (SSSR count). The number of rotatable bonds is 6. The summed E-state index contributed by atoms with van der Waals surface area (Å²) < 4.78 is 0. The second kappa shape index (κ2) is 26.8. The molecule has 0 fully saturated rings. The predicted molar refractivity (Wildman–Crippen MR) is 97.5 cm³/mol. The molecule has 0 aliphatic carbocycles. The first kappa shape index (κ1) is 27.6. The predicted octanol–water partition coefficient (Wildman–Crippen LogP) is 6.39. The van der Waals surface area contributed by atoms with Crippen molar-refractivity contribution in [1.82, 2.24) is 0 Å². The van der Waals surface area contributed by atoms with Gasteiger partial charge in [0.1, 0.15) is 0 Å². The van der Waals surface area contributed by atoms with E-state index in [1.54, 1.807) is 0 Å². The topological polar surface area (TPSA) is 0 Å². The first-order valence-corrected chi connectivity index (χ1v) is 16.5. The molecule has 0 bridgehead atoms. The molecule has 17 heavy (non-hydrogen) atoms. The molecule has 0 aliphatic rings. The van der Waals surface area contributed by atoms with E-state index in [-0.39, 0.29) is 7.43 Å². The van der Waals surface area contributed by atoms with Gasteiger partial charge in [-0.15, -0.1) is 15.8 Å². The average Bonchev–Trinajstić information content (AvgIpc) is 2.37. The number of halogens is 1. The Kier molecular flexibility index (Phi) is 43.4. The van der Waals surface area contributed by atoms with Crippen molar-refractivity contribution in [2.24, 2.45) is 0 Å². The minimum absolute atomic E-state index is 0. The molecule has 0 aliphatic heterocycles. The molecule has 0 radical (unpaired) electrons. The van der Waals surface area contributed by atoms with Crippen molar-refractivity contribution >= 4 is 35.2 Å². The Labute approximate surface area is 136 Å². The van der Waals surface area contributed by atoms with Gasteiger partial charge in [0.2, 0.25) is 0 Å². The Bertz CT molecular complexity index is 74.4.